The lowest BCUT2D eigenvalue weighted by Gasteiger charge is -2.32. The SMILES string of the molecule is CCCN(Nc1n[nH]c(=O)c2ccccc12)C(=O)CCc1nc(C2CCN(C(=O)OC(C)(C)C)CC2)no1. The molecule has 38 heavy (non-hydrogen) atoms. The lowest BCUT2D eigenvalue weighted by atomic mass is 9.96. The maximum Gasteiger partial charge on any atom is 0.410 e. The second-order valence-electron chi connectivity index (χ2n) is 10.4. The highest BCUT2D eigenvalue weighted by atomic mass is 16.6. The summed E-state index contributed by atoms with van der Waals surface area (Å²) in [6, 6.07) is 7.09. The van der Waals surface area contributed by atoms with Gasteiger partial charge in [0.2, 0.25) is 11.8 Å². The van der Waals surface area contributed by atoms with Gasteiger partial charge < -0.3 is 14.2 Å². The average Bonchev–Trinajstić information content (AvgIpc) is 3.37. The number of anilines is 1. The number of H-pyrrole nitrogens is 1. The topological polar surface area (TPSA) is 147 Å². The van der Waals surface area contributed by atoms with Crippen molar-refractivity contribution >= 4 is 28.6 Å². The molecule has 0 atom stereocenters. The van der Waals surface area contributed by atoms with E-state index in [2.05, 4.69) is 25.8 Å². The van der Waals surface area contributed by atoms with E-state index >= 15 is 0 Å². The summed E-state index contributed by atoms with van der Waals surface area (Å²) in [4.78, 5) is 43.6. The first kappa shape index (κ1) is 27.1. The van der Waals surface area contributed by atoms with E-state index in [4.69, 9.17) is 9.26 Å². The summed E-state index contributed by atoms with van der Waals surface area (Å²) in [7, 11) is 0. The van der Waals surface area contributed by atoms with Crippen LogP contribution in [-0.2, 0) is 16.0 Å². The number of benzene rings is 1. The van der Waals surface area contributed by atoms with Gasteiger partial charge >= 0.3 is 6.09 Å². The molecule has 0 unspecified atom stereocenters. The molecule has 1 aromatic carbocycles. The molecule has 3 aromatic rings. The number of hydrogen-bond donors (Lipinski definition) is 2. The van der Waals surface area contributed by atoms with Crippen LogP contribution in [0.25, 0.3) is 10.8 Å². The summed E-state index contributed by atoms with van der Waals surface area (Å²) >= 11 is 0. The Balaban J connectivity index is 1.32. The Morgan fingerprint density at radius 3 is 2.61 bits per heavy atom. The molecule has 2 amide bonds. The van der Waals surface area contributed by atoms with Gasteiger partial charge in [-0.25, -0.2) is 9.89 Å². The van der Waals surface area contributed by atoms with Gasteiger partial charge in [-0.15, -0.1) is 0 Å². The number of carbonyl (C=O) groups is 2. The molecule has 204 valence electrons. The Morgan fingerprint density at radius 2 is 1.92 bits per heavy atom. The predicted octanol–water partition coefficient (Wildman–Crippen LogP) is 3.62. The fourth-order valence-electron chi connectivity index (χ4n) is 4.33. The summed E-state index contributed by atoms with van der Waals surface area (Å²) in [5.74, 6) is 1.32. The Hall–Kier alpha value is -3.96. The van der Waals surface area contributed by atoms with Crippen LogP contribution in [0.4, 0.5) is 10.6 Å². The first-order valence-corrected chi connectivity index (χ1v) is 13.0. The zero-order valence-corrected chi connectivity index (χ0v) is 22.3. The molecule has 1 aliphatic rings. The van der Waals surface area contributed by atoms with Gasteiger partial charge in [0, 0.05) is 43.8 Å². The van der Waals surface area contributed by atoms with Crippen LogP contribution in [0.3, 0.4) is 0 Å². The maximum atomic E-state index is 13.0. The van der Waals surface area contributed by atoms with E-state index in [9.17, 15) is 14.4 Å². The number of hydrogen-bond acceptors (Lipinski definition) is 9. The minimum Gasteiger partial charge on any atom is -0.444 e. The molecule has 0 saturated carbocycles. The highest BCUT2D eigenvalue weighted by molar-refractivity contribution is 5.91. The van der Waals surface area contributed by atoms with Gasteiger partial charge in [-0.2, -0.15) is 10.1 Å². The number of carbonyl (C=O) groups excluding carboxylic acids is 2. The van der Waals surface area contributed by atoms with Crippen molar-refractivity contribution in [3.63, 3.8) is 0 Å². The number of rotatable bonds is 8. The highest BCUT2D eigenvalue weighted by Crippen LogP contribution is 2.27. The van der Waals surface area contributed by atoms with Crippen LogP contribution < -0.4 is 11.0 Å². The monoisotopic (exact) mass is 525 g/mol. The van der Waals surface area contributed by atoms with E-state index in [-0.39, 0.29) is 29.9 Å². The first-order chi connectivity index (χ1) is 18.1. The van der Waals surface area contributed by atoms with Gasteiger partial charge in [0.15, 0.2) is 11.6 Å². The Kier molecular flexibility index (Phi) is 8.28. The summed E-state index contributed by atoms with van der Waals surface area (Å²) in [5, 5.41) is 13.3. The fraction of sp³-hybridized carbons (Fsp3) is 0.538. The average molecular weight is 526 g/mol. The third kappa shape index (κ3) is 6.67. The van der Waals surface area contributed by atoms with Crippen molar-refractivity contribution in [3.05, 3.63) is 46.3 Å². The van der Waals surface area contributed by atoms with Crippen LogP contribution in [0, 0.1) is 0 Å². The van der Waals surface area contributed by atoms with Gasteiger partial charge in [0.1, 0.15) is 5.60 Å². The van der Waals surface area contributed by atoms with Crippen molar-refractivity contribution in [1.82, 2.24) is 30.2 Å². The van der Waals surface area contributed by atoms with Gasteiger partial charge in [-0.3, -0.25) is 20.0 Å². The summed E-state index contributed by atoms with van der Waals surface area (Å²) in [6.07, 6.45) is 2.31. The molecule has 1 aliphatic heterocycles. The van der Waals surface area contributed by atoms with Crippen molar-refractivity contribution in [1.29, 1.82) is 0 Å². The van der Waals surface area contributed by atoms with Gasteiger partial charge in [0.05, 0.1) is 5.39 Å². The lowest BCUT2D eigenvalue weighted by Crippen LogP contribution is -2.41. The molecule has 0 bridgehead atoms. The Morgan fingerprint density at radius 1 is 1.21 bits per heavy atom. The molecular formula is C26H35N7O5. The minimum atomic E-state index is -0.527. The fourth-order valence-corrected chi connectivity index (χ4v) is 4.33. The van der Waals surface area contributed by atoms with Crippen molar-refractivity contribution in [2.75, 3.05) is 25.1 Å². The normalized spacial score (nSPS) is 14.5. The summed E-state index contributed by atoms with van der Waals surface area (Å²) in [5.41, 5.74) is 2.25. The van der Waals surface area contributed by atoms with Crippen molar-refractivity contribution in [2.24, 2.45) is 0 Å². The smallest absolute Gasteiger partial charge is 0.410 e. The molecule has 12 heteroatoms. The van der Waals surface area contributed by atoms with Crippen LogP contribution in [0.15, 0.2) is 33.6 Å². The number of piperidine rings is 1. The molecule has 2 N–H and O–H groups in total. The van der Waals surface area contributed by atoms with E-state index in [1.54, 1.807) is 23.1 Å². The standard InChI is InChI=1S/C26H35N7O5/c1-5-14-33(30-23-18-8-6-7-9-19(18)24(35)29-28-23)21(34)11-10-20-27-22(31-38-20)17-12-15-32(16-13-17)25(36)37-26(2,3)4/h6-9,17H,5,10-16H2,1-4H3,(H,28,30)(H,29,35). The van der Waals surface area contributed by atoms with E-state index in [1.165, 1.54) is 5.01 Å². The van der Waals surface area contributed by atoms with Crippen molar-refractivity contribution < 1.29 is 18.8 Å². The predicted molar refractivity (Wildman–Crippen MR) is 140 cm³/mol. The molecule has 0 radical (unpaired) electrons. The number of nitrogens with zero attached hydrogens (tertiary/aromatic N) is 5. The van der Waals surface area contributed by atoms with Crippen molar-refractivity contribution in [2.45, 2.75) is 71.3 Å². The number of aromatic amines is 1. The molecule has 2 aromatic heterocycles. The van der Waals surface area contributed by atoms with Crippen LogP contribution in [0.1, 0.15) is 71.0 Å². The molecule has 3 heterocycles. The second kappa shape index (κ2) is 11.6. The van der Waals surface area contributed by atoms with Gasteiger partial charge in [0.25, 0.3) is 5.56 Å². The number of aryl methyl sites for hydroxylation is 1. The number of hydrazine groups is 1. The molecule has 1 fully saturated rings. The number of amides is 2. The molecule has 0 aliphatic carbocycles. The molecular weight excluding hydrogens is 490 g/mol. The van der Waals surface area contributed by atoms with Gasteiger partial charge in [-0.05, 0) is 46.1 Å². The Labute approximate surface area is 220 Å². The number of nitrogens with one attached hydrogen (secondary N) is 2. The largest absolute Gasteiger partial charge is 0.444 e. The maximum absolute atomic E-state index is 13.0. The quantitative estimate of drug-likeness (QED) is 0.421. The second-order valence-corrected chi connectivity index (χ2v) is 10.4. The number of ether oxygens (including phenoxy) is 1. The zero-order valence-electron chi connectivity index (χ0n) is 22.3. The molecule has 0 spiro atoms. The van der Waals surface area contributed by atoms with Crippen molar-refractivity contribution in [3.8, 4) is 0 Å². The van der Waals surface area contributed by atoms with E-state index in [1.807, 2.05) is 33.8 Å². The number of likely N-dealkylation sites (tertiary alicyclic amines) is 1. The highest BCUT2D eigenvalue weighted by Gasteiger charge is 2.29. The molecule has 12 nitrogen and oxygen atoms in total. The zero-order chi connectivity index (χ0) is 27.3. The third-order valence-corrected chi connectivity index (χ3v) is 6.23. The van der Waals surface area contributed by atoms with E-state index in [0.29, 0.717) is 67.2 Å². The third-order valence-electron chi connectivity index (χ3n) is 6.23. The van der Waals surface area contributed by atoms with E-state index < -0.39 is 5.60 Å². The Bertz CT molecular complexity index is 1320. The van der Waals surface area contributed by atoms with Crippen LogP contribution in [-0.4, -0.2) is 67.5 Å². The van der Waals surface area contributed by atoms with Crippen LogP contribution in [0.5, 0.6) is 0 Å². The molecule has 4 rings (SSSR count). The molecule has 1 saturated heterocycles. The lowest BCUT2D eigenvalue weighted by molar-refractivity contribution is -0.130. The number of fused-ring (bicyclic) bond motifs is 1. The summed E-state index contributed by atoms with van der Waals surface area (Å²) in [6.45, 7) is 9.11. The summed E-state index contributed by atoms with van der Waals surface area (Å²) < 4.78 is 10.9. The van der Waals surface area contributed by atoms with E-state index in [0.717, 1.165) is 6.42 Å². The van der Waals surface area contributed by atoms with Crippen LogP contribution >= 0.6 is 0 Å². The minimum absolute atomic E-state index is 0.0831. The van der Waals surface area contributed by atoms with Crippen LogP contribution in [0.2, 0.25) is 0 Å². The van der Waals surface area contributed by atoms with Gasteiger partial charge in [-0.1, -0.05) is 30.3 Å². The first-order valence-electron chi connectivity index (χ1n) is 13.0. The number of aromatic nitrogens is 4.